The van der Waals surface area contributed by atoms with E-state index >= 15 is 0 Å². The molecule has 0 saturated carbocycles. The van der Waals surface area contributed by atoms with Crippen molar-refractivity contribution in [1.82, 2.24) is 20.7 Å². The lowest BCUT2D eigenvalue weighted by atomic mass is 10.0. The highest BCUT2D eigenvalue weighted by atomic mass is 16.5. The first-order valence-corrected chi connectivity index (χ1v) is 8.44. The molecule has 0 aromatic carbocycles. The molecule has 130 valence electrons. The number of hydrogen-bond acceptors (Lipinski definition) is 5. The maximum Gasteiger partial charge on any atom is 0.191 e. The van der Waals surface area contributed by atoms with E-state index in [9.17, 15) is 0 Å². The van der Waals surface area contributed by atoms with Gasteiger partial charge < -0.3 is 19.9 Å². The molecular formula is C16H29N5O2. The van der Waals surface area contributed by atoms with Crippen LogP contribution in [0.2, 0.25) is 0 Å². The Bertz CT molecular complexity index is 455. The Morgan fingerprint density at radius 3 is 2.74 bits per heavy atom. The molecule has 23 heavy (non-hydrogen) atoms. The normalized spacial score (nSPS) is 18.2. The molecule has 0 radical (unpaired) electrons. The Kier molecular flexibility index (Phi) is 7.35. The van der Waals surface area contributed by atoms with Crippen LogP contribution < -0.4 is 10.6 Å². The van der Waals surface area contributed by atoms with Crippen LogP contribution in [0.4, 0.5) is 0 Å². The van der Waals surface area contributed by atoms with Crippen LogP contribution in [0.1, 0.15) is 26.5 Å². The molecule has 7 heteroatoms. The molecule has 1 aromatic heterocycles. The van der Waals surface area contributed by atoms with E-state index in [2.05, 4.69) is 46.5 Å². The predicted octanol–water partition coefficient (Wildman–Crippen LogP) is 1.09. The quantitative estimate of drug-likeness (QED) is 0.578. The first-order chi connectivity index (χ1) is 11.2. The monoisotopic (exact) mass is 323 g/mol. The highest BCUT2D eigenvalue weighted by molar-refractivity contribution is 5.79. The minimum atomic E-state index is 0.467. The van der Waals surface area contributed by atoms with Crippen LogP contribution in [-0.4, -0.2) is 61.5 Å². The number of aliphatic imine (C=N–C) groups is 1. The molecule has 1 aliphatic heterocycles. The highest BCUT2D eigenvalue weighted by Crippen LogP contribution is 2.12. The zero-order valence-corrected chi connectivity index (χ0v) is 14.4. The van der Waals surface area contributed by atoms with E-state index in [1.165, 1.54) is 0 Å². The number of ether oxygens (including phenoxy) is 1. The topological polar surface area (TPSA) is 74.9 Å². The first kappa shape index (κ1) is 17.7. The van der Waals surface area contributed by atoms with Crippen molar-refractivity contribution in [3.05, 3.63) is 18.0 Å². The number of aromatic nitrogens is 1. The summed E-state index contributed by atoms with van der Waals surface area (Å²) in [6, 6.07) is 2.30. The summed E-state index contributed by atoms with van der Waals surface area (Å²) in [5.41, 5.74) is 0.829. The Balaban J connectivity index is 1.90. The largest absolute Gasteiger partial charge is 0.379 e. The van der Waals surface area contributed by atoms with Crippen LogP contribution in [0.3, 0.4) is 0 Å². The Morgan fingerprint density at radius 2 is 2.13 bits per heavy atom. The van der Waals surface area contributed by atoms with E-state index in [0.29, 0.717) is 18.5 Å². The van der Waals surface area contributed by atoms with Gasteiger partial charge in [-0.2, -0.15) is 0 Å². The van der Waals surface area contributed by atoms with Crippen LogP contribution in [-0.2, 0) is 11.3 Å². The van der Waals surface area contributed by atoms with Gasteiger partial charge in [-0.05, 0) is 12.8 Å². The molecule has 1 atom stereocenters. The van der Waals surface area contributed by atoms with E-state index < -0.39 is 0 Å². The van der Waals surface area contributed by atoms with Crippen LogP contribution in [0.5, 0.6) is 0 Å². The van der Waals surface area contributed by atoms with Gasteiger partial charge in [-0.3, -0.25) is 4.90 Å². The van der Waals surface area contributed by atoms with Crippen molar-refractivity contribution in [2.45, 2.75) is 33.4 Å². The molecule has 1 aromatic rings. The number of rotatable bonds is 7. The molecule has 0 bridgehead atoms. The summed E-state index contributed by atoms with van der Waals surface area (Å²) in [7, 11) is 0. The minimum absolute atomic E-state index is 0.467. The van der Waals surface area contributed by atoms with Gasteiger partial charge in [0.25, 0.3) is 0 Å². The minimum Gasteiger partial charge on any atom is -0.379 e. The molecule has 2 heterocycles. The van der Waals surface area contributed by atoms with Gasteiger partial charge in [0.15, 0.2) is 5.96 Å². The van der Waals surface area contributed by atoms with E-state index in [4.69, 9.17) is 9.26 Å². The zero-order valence-electron chi connectivity index (χ0n) is 14.4. The van der Waals surface area contributed by atoms with Crippen molar-refractivity contribution in [3.8, 4) is 0 Å². The fourth-order valence-electron chi connectivity index (χ4n) is 2.72. The molecule has 1 saturated heterocycles. The second-order valence-electron chi connectivity index (χ2n) is 6.03. The Labute approximate surface area is 138 Å². The SMILES string of the molecule is CCNC(=NCc1ccon1)NCC(C(C)C)N1CCOCC1. The maximum atomic E-state index is 5.46. The number of hydrogen-bond donors (Lipinski definition) is 2. The average molecular weight is 323 g/mol. The van der Waals surface area contributed by atoms with Crippen LogP contribution in [0.15, 0.2) is 21.8 Å². The van der Waals surface area contributed by atoms with Gasteiger partial charge in [-0.15, -0.1) is 0 Å². The molecule has 7 nitrogen and oxygen atoms in total. The third kappa shape index (κ3) is 5.84. The fourth-order valence-corrected chi connectivity index (χ4v) is 2.72. The van der Waals surface area contributed by atoms with E-state index in [-0.39, 0.29) is 0 Å². The fraction of sp³-hybridized carbons (Fsp3) is 0.750. The molecule has 1 aliphatic rings. The van der Waals surface area contributed by atoms with Crippen molar-refractivity contribution in [2.24, 2.45) is 10.9 Å². The molecule has 2 N–H and O–H groups in total. The third-order valence-electron chi connectivity index (χ3n) is 4.00. The summed E-state index contributed by atoms with van der Waals surface area (Å²) in [6.07, 6.45) is 1.57. The number of nitrogens with zero attached hydrogens (tertiary/aromatic N) is 3. The summed E-state index contributed by atoms with van der Waals surface area (Å²) in [6.45, 7) is 12.4. The molecule has 0 aliphatic carbocycles. The third-order valence-corrected chi connectivity index (χ3v) is 4.00. The van der Waals surface area contributed by atoms with Gasteiger partial charge in [0.1, 0.15) is 12.0 Å². The van der Waals surface area contributed by atoms with Crippen molar-refractivity contribution in [3.63, 3.8) is 0 Å². The summed E-state index contributed by atoms with van der Waals surface area (Å²) in [4.78, 5) is 7.06. The second kappa shape index (κ2) is 9.52. The standard InChI is InChI=1S/C16H29N5O2/c1-4-17-16(18-11-14-5-8-23-20-14)19-12-15(13(2)3)21-6-9-22-10-7-21/h5,8,13,15H,4,6-7,9-12H2,1-3H3,(H2,17,18,19). The molecule has 0 amide bonds. The summed E-state index contributed by atoms with van der Waals surface area (Å²) in [5, 5.41) is 10.6. The lowest BCUT2D eigenvalue weighted by molar-refractivity contribution is 0.00752. The number of morpholine rings is 1. The Morgan fingerprint density at radius 1 is 1.35 bits per heavy atom. The zero-order chi connectivity index (χ0) is 16.5. The molecule has 2 rings (SSSR count). The lowest BCUT2D eigenvalue weighted by Crippen LogP contribution is -2.52. The lowest BCUT2D eigenvalue weighted by Gasteiger charge is -2.37. The van der Waals surface area contributed by atoms with E-state index in [1.54, 1.807) is 6.26 Å². The van der Waals surface area contributed by atoms with E-state index in [1.807, 2.05) is 6.07 Å². The predicted molar refractivity (Wildman–Crippen MR) is 90.3 cm³/mol. The van der Waals surface area contributed by atoms with Gasteiger partial charge in [-0.1, -0.05) is 19.0 Å². The molecule has 0 spiro atoms. The van der Waals surface area contributed by atoms with Gasteiger partial charge in [-0.25, -0.2) is 4.99 Å². The van der Waals surface area contributed by atoms with Crippen LogP contribution in [0.25, 0.3) is 0 Å². The highest BCUT2D eigenvalue weighted by Gasteiger charge is 2.23. The van der Waals surface area contributed by atoms with Crippen LogP contribution in [0, 0.1) is 5.92 Å². The van der Waals surface area contributed by atoms with Gasteiger partial charge in [0.05, 0.1) is 19.8 Å². The van der Waals surface area contributed by atoms with Crippen molar-refractivity contribution >= 4 is 5.96 Å². The maximum absolute atomic E-state index is 5.46. The molecule has 1 fully saturated rings. The number of nitrogens with one attached hydrogen (secondary N) is 2. The van der Waals surface area contributed by atoms with Crippen molar-refractivity contribution in [1.29, 1.82) is 0 Å². The van der Waals surface area contributed by atoms with Crippen molar-refractivity contribution in [2.75, 3.05) is 39.4 Å². The summed E-state index contributed by atoms with van der Waals surface area (Å²) < 4.78 is 10.3. The van der Waals surface area contributed by atoms with Crippen molar-refractivity contribution < 1.29 is 9.26 Å². The van der Waals surface area contributed by atoms with Gasteiger partial charge in [0, 0.05) is 38.3 Å². The smallest absolute Gasteiger partial charge is 0.191 e. The summed E-state index contributed by atoms with van der Waals surface area (Å²) >= 11 is 0. The van der Waals surface area contributed by atoms with Crippen LogP contribution >= 0.6 is 0 Å². The average Bonchev–Trinajstić information content (AvgIpc) is 3.07. The Hall–Kier alpha value is -1.60. The van der Waals surface area contributed by atoms with E-state index in [0.717, 1.165) is 51.0 Å². The number of guanidine groups is 1. The molecule has 1 unspecified atom stereocenters. The van der Waals surface area contributed by atoms with Gasteiger partial charge in [0.2, 0.25) is 0 Å². The second-order valence-corrected chi connectivity index (χ2v) is 6.03. The molecular weight excluding hydrogens is 294 g/mol. The summed E-state index contributed by atoms with van der Waals surface area (Å²) in [5.74, 6) is 1.38. The first-order valence-electron chi connectivity index (χ1n) is 8.44. The van der Waals surface area contributed by atoms with Gasteiger partial charge >= 0.3 is 0 Å².